The van der Waals surface area contributed by atoms with Gasteiger partial charge in [0.1, 0.15) is 0 Å². The van der Waals surface area contributed by atoms with E-state index in [1.165, 1.54) is 24.8 Å². The molecule has 0 aromatic carbocycles. The fourth-order valence-corrected chi connectivity index (χ4v) is 4.21. The summed E-state index contributed by atoms with van der Waals surface area (Å²) in [6, 6.07) is 4.75. The van der Waals surface area contributed by atoms with Gasteiger partial charge in [-0.3, -0.25) is 14.7 Å². The molecule has 1 aromatic rings. The highest BCUT2D eigenvalue weighted by Gasteiger charge is 2.25. The van der Waals surface area contributed by atoms with Crippen LogP contribution in [0.15, 0.2) is 22.5 Å². The van der Waals surface area contributed by atoms with Crippen LogP contribution in [0, 0.1) is 5.92 Å². The molecule has 27 heavy (non-hydrogen) atoms. The lowest BCUT2D eigenvalue weighted by molar-refractivity contribution is -0.140. The molecular formula is C20H34N4O2S. The number of hydrogen-bond donors (Lipinski definition) is 2. The van der Waals surface area contributed by atoms with E-state index in [2.05, 4.69) is 49.7 Å². The van der Waals surface area contributed by atoms with E-state index in [1.54, 1.807) is 7.05 Å². The van der Waals surface area contributed by atoms with Gasteiger partial charge in [-0.05, 0) is 56.1 Å². The zero-order chi connectivity index (χ0) is 19.5. The maximum Gasteiger partial charge on any atom is 0.305 e. The topological polar surface area (TPSA) is 66.0 Å². The average molecular weight is 395 g/mol. The highest BCUT2D eigenvalue weighted by Crippen LogP contribution is 2.28. The Morgan fingerprint density at radius 2 is 2.15 bits per heavy atom. The normalized spacial score (nSPS) is 17.5. The van der Waals surface area contributed by atoms with Gasteiger partial charge in [-0.25, -0.2) is 0 Å². The summed E-state index contributed by atoms with van der Waals surface area (Å²) in [5.74, 6) is 1.50. The van der Waals surface area contributed by atoms with E-state index in [4.69, 9.17) is 0 Å². The smallest absolute Gasteiger partial charge is 0.305 e. The molecule has 0 aliphatic carbocycles. The number of ether oxygens (including phenoxy) is 1. The van der Waals surface area contributed by atoms with Crippen molar-refractivity contribution in [1.82, 2.24) is 15.5 Å². The Morgan fingerprint density at radius 3 is 2.78 bits per heavy atom. The minimum atomic E-state index is -0.146. The Bertz CT molecular complexity index is 569. The molecule has 7 heteroatoms. The summed E-state index contributed by atoms with van der Waals surface area (Å²) in [5, 5.41) is 8.99. The predicted octanol–water partition coefficient (Wildman–Crippen LogP) is 3.03. The van der Waals surface area contributed by atoms with E-state index in [0.717, 1.165) is 50.9 Å². The number of guanidine groups is 1. The minimum Gasteiger partial charge on any atom is -0.469 e. The quantitative estimate of drug-likeness (QED) is 0.292. The van der Waals surface area contributed by atoms with Gasteiger partial charge < -0.3 is 15.4 Å². The van der Waals surface area contributed by atoms with E-state index < -0.39 is 0 Å². The molecule has 0 spiro atoms. The predicted molar refractivity (Wildman–Crippen MR) is 112 cm³/mol. The maximum absolute atomic E-state index is 11.1. The second-order valence-corrected chi connectivity index (χ2v) is 8.14. The Kier molecular flexibility index (Phi) is 9.62. The van der Waals surface area contributed by atoms with Crippen LogP contribution in [0.3, 0.4) is 0 Å². The number of piperidine rings is 1. The third kappa shape index (κ3) is 7.50. The number of nitrogens with zero attached hydrogens (tertiary/aromatic N) is 2. The number of methoxy groups -OCH3 is 1. The molecule has 2 rings (SSSR count). The molecular weight excluding hydrogens is 360 g/mol. The van der Waals surface area contributed by atoms with Crippen LogP contribution in [-0.4, -0.2) is 57.2 Å². The van der Waals surface area contributed by atoms with Crippen LogP contribution in [-0.2, 0) is 9.53 Å². The molecule has 1 aliphatic heterocycles. The van der Waals surface area contributed by atoms with Crippen molar-refractivity contribution < 1.29 is 9.53 Å². The van der Waals surface area contributed by atoms with Crippen molar-refractivity contribution in [3.8, 4) is 0 Å². The number of carbonyl (C=O) groups is 1. The molecule has 1 saturated heterocycles. The van der Waals surface area contributed by atoms with Crippen LogP contribution in [0.1, 0.15) is 49.9 Å². The van der Waals surface area contributed by atoms with Crippen molar-refractivity contribution in [2.45, 2.75) is 45.1 Å². The molecule has 0 bridgehead atoms. The minimum absolute atomic E-state index is 0.146. The van der Waals surface area contributed by atoms with Crippen LogP contribution in [0.4, 0.5) is 0 Å². The molecule has 0 radical (unpaired) electrons. The summed E-state index contributed by atoms with van der Waals surface area (Å²) in [6.45, 7) is 6.30. The van der Waals surface area contributed by atoms with Gasteiger partial charge in [0.25, 0.3) is 0 Å². The number of carbonyl (C=O) groups excluding carboxylic acids is 1. The van der Waals surface area contributed by atoms with Crippen molar-refractivity contribution in [2.75, 3.05) is 40.3 Å². The Morgan fingerprint density at radius 1 is 1.37 bits per heavy atom. The summed E-state index contributed by atoms with van der Waals surface area (Å²) < 4.78 is 4.66. The van der Waals surface area contributed by atoms with E-state index in [-0.39, 0.29) is 5.97 Å². The van der Waals surface area contributed by atoms with E-state index in [1.807, 2.05) is 11.3 Å². The van der Waals surface area contributed by atoms with Crippen molar-refractivity contribution in [3.05, 3.63) is 22.4 Å². The summed E-state index contributed by atoms with van der Waals surface area (Å²) in [7, 11) is 3.23. The zero-order valence-electron chi connectivity index (χ0n) is 16.9. The molecule has 1 aliphatic rings. The number of aliphatic imine (C=N–C) groups is 1. The largest absolute Gasteiger partial charge is 0.469 e. The lowest BCUT2D eigenvalue weighted by Gasteiger charge is -2.36. The van der Waals surface area contributed by atoms with Crippen LogP contribution >= 0.6 is 11.3 Å². The van der Waals surface area contributed by atoms with E-state index in [0.29, 0.717) is 12.5 Å². The lowest BCUT2D eigenvalue weighted by Crippen LogP contribution is -2.45. The average Bonchev–Trinajstić information content (AvgIpc) is 3.21. The number of unbranched alkanes of at least 4 members (excludes halogenated alkanes) is 1. The second kappa shape index (κ2) is 12.0. The molecule has 0 amide bonds. The maximum atomic E-state index is 11.1. The van der Waals surface area contributed by atoms with Gasteiger partial charge in [0.2, 0.25) is 0 Å². The Hall–Kier alpha value is -1.60. The number of thiophene rings is 1. The van der Waals surface area contributed by atoms with Gasteiger partial charge in [-0.15, -0.1) is 11.3 Å². The molecule has 1 unspecified atom stereocenters. The number of rotatable bonds is 9. The molecule has 1 atom stereocenters. The molecule has 1 fully saturated rings. The fraction of sp³-hybridized carbons (Fsp3) is 0.700. The Labute approximate surface area is 167 Å². The van der Waals surface area contributed by atoms with Crippen LogP contribution in [0.5, 0.6) is 0 Å². The second-order valence-electron chi connectivity index (χ2n) is 7.16. The third-order valence-corrected chi connectivity index (χ3v) is 6.12. The van der Waals surface area contributed by atoms with Gasteiger partial charge in [0, 0.05) is 31.4 Å². The van der Waals surface area contributed by atoms with Gasteiger partial charge in [-0.2, -0.15) is 0 Å². The molecule has 152 valence electrons. The summed E-state index contributed by atoms with van der Waals surface area (Å²) in [5.41, 5.74) is 0. The molecule has 6 nitrogen and oxygen atoms in total. The van der Waals surface area contributed by atoms with Crippen molar-refractivity contribution in [1.29, 1.82) is 0 Å². The van der Waals surface area contributed by atoms with Crippen molar-refractivity contribution in [2.24, 2.45) is 10.9 Å². The molecule has 0 saturated carbocycles. The lowest BCUT2D eigenvalue weighted by atomic mass is 9.97. The van der Waals surface area contributed by atoms with Crippen molar-refractivity contribution >= 4 is 23.3 Å². The molecule has 2 N–H and O–H groups in total. The van der Waals surface area contributed by atoms with Gasteiger partial charge in [-0.1, -0.05) is 13.0 Å². The first kappa shape index (κ1) is 21.7. The van der Waals surface area contributed by atoms with Crippen LogP contribution < -0.4 is 10.6 Å². The zero-order valence-corrected chi connectivity index (χ0v) is 17.7. The summed E-state index contributed by atoms with van der Waals surface area (Å²) in [6.07, 6.45) is 4.75. The first-order valence-electron chi connectivity index (χ1n) is 9.92. The first-order chi connectivity index (χ1) is 13.1. The van der Waals surface area contributed by atoms with Gasteiger partial charge in [0.15, 0.2) is 5.96 Å². The highest BCUT2D eigenvalue weighted by molar-refractivity contribution is 7.10. The molecule has 1 aromatic heterocycles. The van der Waals surface area contributed by atoms with Gasteiger partial charge in [0.05, 0.1) is 13.2 Å². The summed E-state index contributed by atoms with van der Waals surface area (Å²) >= 11 is 1.83. The SMILES string of the molecule is CN=C(NCCCCC(=O)OC)NCC(c1cccs1)N1CCC(C)CC1. The van der Waals surface area contributed by atoms with E-state index >= 15 is 0 Å². The summed E-state index contributed by atoms with van der Waals surface area (Å²) in [4.78, 5) is 19.5. The Balaban J connectivity index is 1.79. The highest BCUT2D eigenvalue weighted by atomic mass is 32.1. The van der Waals surface area contributed by atoms with Gasteiger partial charge >= 0.3 is 5.97 Å². The first-order valence-corrected chi connectivity index (χ1v) is 10.8. The fourth-order valence-electron chi connectivity index (χ4n) is 3.35. The monoisotopic (exact) mass is 394 g/mol. The van der Waals surface area contributed by atoms with E-state index in [9.17, 15) is 4.79 Å². The van der Waals surface area contributed by atoms with Crippen LogP contribution in [0.25, 0.3) is 0 Å². The van der Waals surface area contributed by atoms with Crippen molar-refractivity contribution in [3.63, 3.8) is 0 Å². The number of nitrogens with one attached hydrogen (secondary N) is 2. The number of likely N-dealkylation sites (tertiary alicyclic amines) is 1. The number of hydrogen-bond acceptors (Lipinski definition) is 5. The van der Waals surface area contributed by atoms with Crippen LogP contribution in [0.2, 0.25) is 0 Å². The molecule has 2 heterocycles. The standard InChI is InChI=1S/C20H34N4O2S/c1-16-9-12-24(13-10-16)17(18-7-6-14-27-18)15-23-20(21-2)22-11-5-4-8-19(25)26-3/h6-7,14,16-17H,4-5,8-13,15H2,1-3H3,(H2,21,22,23). The number of esters is 1. The third-order valence-electron chi connectivity index (χ3n) is 5.14.